The summed E-state index contributed by atoms with van der Waals surface area (Å²) in [7, 11) is 0. The first-order chi connectivity index (χ1) is 8.66. The van der Waals surface area contributed by atoms with Crippen LogP contribution in [-0.4, -0.2) is 11.5 Å². The molecule has 1 aromatic carbocycles. The van der Waals surface area contributed by atoms with Crippen molar-refractivity contribution in [1.29, 1.82) is 0 Å². The van der Waals surface area contributed by atoms with Crippen molar-refractivity contribution >= 4 is 11.4 Å². The van der Waals surface area contributed by atoms with Gasteiger partial charge < -0.3 is 5.32 Å². The van der Waals surface area contributed by atoms with Crippen molar-refractivity contribution < 1.29 is 9.31 Å². The Hall–Kier alpha value is -1.65. The topological polar surface area (TPSA) is 55.2 Å². The molecule has 5 heteroatoms. The average Bonchev–Trinajstić information content (AvgIpc) is 2.82. The molecule has 0 aliphatic heterocycles. The van der Waals surface area contributed by atoms with Crippen molar-refractivity contribution in [3.8, 4) is 0 Å². The highest BCUT2D eigenvalue weighted by molar-refractivity contribution is 5.61. The molecule has 0 amide bonds. The summed E-state index contributed by atoms with van der Waals surface area (Å²) < 4.78 is 13.1. The maximum absolute atomic E-state index is 13.1. The maximum Gasteiger partial charge on any atom is 0.292 e. The number of anilines is 1. The number of hydrogen-bond donors (Lipinski definition) is 1. The van der Waals surface area contributed by atoms with Crippen molar-refractivity contribution in [3.05, 3.63) is 34.1 Å². The van der Waals surface area contributed by atoms with E-state index in [9.17, 15) is 14.5 Å². The van der Waals surface area contributed by atoms with Crippen LogP contribution in [0.15, 0.2) is 18.2 Å². The Morgan fingerprint density at radius 2 is 2.11 bits per heavy atom. The minimum atomic E-state index is -0.489. The van der Waals surface area contributed by atoms with Crippen LogP contribution in [0, 0.1) is 21.8 Å². The fourth-order valence-electron chi connectivity index (χ4n) is 2.52. The standard InChI is InChI=1S/C13H17FN2O2/c14-11-5-6-13(16(17)18)12(9-11)15-8-7-10-3-1-2-4-10/h5-6,9-10,15H,1-4,7-8H2. The summed E-state index contributed by atoms with van der Waals surface area (Å²) in [4.78, 5) is 10.3. The van der Waals surface area contributed by atoms with Crippen LogP contribution in [0.3, 0.4) is 0 Å². The molecule has 0 saturated heterocycles. The number of hydrogen-bond acceptors (Lipinski definition) is 3. The summed E-state index contributed by atoms with van der Waals surface area (Å²) in [5, 5.41) is 13.8. The van der Waals surface area contributed by atoms with E-state index < -0.39 is 10.7 Å². The van der Waals surface area contributed by atoms with Gasteiger partial charge in [-0.25, -0.2) is 4.39 Å². The molecule has 2 rings (SSSR count). The van der Waals surface area contributed by atoms with Crippen LogP contribution in [-0.2, 0) is 0 Å². The van der Waals surface area contributed by atoms with Crippen molar-refractivity contribution in [1.82, 2.24) is 0 Å². The highest BCUT2D eigenvalue weighted by atomic mass is 19.1. The molecular weight excluding hydrogens is 235 g/mol. The number of nitro benzene ring substituents is 1. The van der Waals surface area contributed by atoms with Crippen molar-refractivity contribution in [3.63, 3.8) is 0 Å². The predicted octanol–water partition coefficient (Wildman–Crippen LogP) is 3.73. The van der Waals surface area contributed by atoms with Gasteiger partial charge in [-0.2, -0.15) is 0 Å². The Balaban J connectivity index is 1.94. The third-order valence-electron chi connectivity index (χ3n) is 3.50. The Morgan fingerprint density at radius 3 is 2.78 bits per heavy atom. The molecule has 0 spiro atoms. The number of benzene rings is 1. The van der Waals surface area contributed by atoms with E-state index >= 15 is 0 Å². The van der Waals surface area contributed by atoms with Crippen LogP contribution < -0.4 is 5.32 Å². The number of halogens is 1. The fraction of sp³-hybridized carbons (Fsp3) is 0.538. The molecule has 0 radical (unpaired) electrons. The van der Waals surface area contributed by atoms with Gasteiger partial charge in [0.05, 0.1) is 4.92 Å². The number of nitrogens with one attached hydrogen (secondary N) is 1. The van der Waals surface area contributed by atoms with Crippen molar-refractivity contribution in [2.45, 2.75) is 32.1 Å². The Morgan fingerprint density at radius 1 is 1.39 bits per heavy atom. The van der Waals surface area contributed by atoms with E-state index in [0.717, 1.165) is 12.5 Å². The van der Waals surface area contributed by atoms with Gasteiger partial charge >= 0.3 is 0 Å². The minimum Gasteiger partial charge on any atom is -0.379 e. The fourth-order valence-corrected chi connectivity index (χ4v) is 2.52. The lowest BCUT2D eigenvalue weighted by atomic mass is 10.0. The third kappa shape index (κ3) is 3.18. The van der Waals surface area contributed by atoms with Gasteiger partial charge in [-0.3, -0.25) is 10.1 Å². The Kier molecular flexibility index (Phi) is 4.12. The molecule has 1 aliphatic carbocycles. The summed E-state index contributed by atoms with van der Waals surface area (Å²) in [6.45, 7) is 0.662. The lowest BCUT2D eigenvalue weighted by Crippen LogP contribution is -2.08. The molecule has 0 aromatic heterocycles. The zero-order valence-corrected chi connectivity index (χ0v) is 10.2. The molecule has 1 N–H and O–H groups in total. The number of nitrogens with zero attached hydrogens (tertiary/aromatic N) is 1. The SMILES string of the molecule is O=[N+]([O-])c1ccc(F)cc1NCCC1CCCC1. The summed E-state index contributed by atoms with van der Waals surface area (Å²) >= 11 is 0. The molecular formula is C13H17FN2O2. The molecule has 0 heterocycles. The highest BCUT2D eigenvalue weighted by Gasteiger charge is 2.16. The van der Waals surface area contributed by atoms with Crippen LogP contribution >= 0.6 is 0 Å². The van der Waals surface area contributed by atoms with Crippen LogP contribution in [0.25, 0.3) is 0 Å². The molecule has 1 aliphatic rings. The molecule has 98 valence electrons. The summed E-state index contributed by atoms with van der Waals surface area (Å²) in [5.41, 5.74) is 0.209. The van der Waals surface area contributed by atoms with E-state index in [1.54, 1.807) is 0 Å². The first kappa shape index (κ1) is 12.8. The number of nitro groups is 1. The summed E-state index contributed by atoms with van der Waals surface area (Å²) in [6.07, 6.45) is 6.04. The molecule has 1 saturated carbocycles. The molecule has 0 bridgehead atoms. The molecule has 1 aromatic rings. The number of rotatable bonds is 5. The van der Waals surface area contributed by atoms with Crippen molar-refractivity contribution in [2.24, 2.45) is 5.92 Å². The maximum atomic E-state index is 13.1. The van der Waals surface area contributed by atoms with Crippen LogP contribution in [0.5, 0.6) is 0 Å². The second-order valence-corrected chi connectivity index (χ2v) is 4.78. The lowest BCUT2D eigenvalue weighted by molar-refractivity contribution is -0.384. The first-order valence-electron chi connectivity index (χ1n) is 6.34. The van der Waals surface area contributed by atoms with E-state index in [0.29, 0.717) is 12.5 Å². The Bertz CT molecular complexity index is 431. The van der Waals surface area contributed by atoms with Gasteiger partial charge in [0, 0.05) is 18.7 Å². The summed E-state index contributed by atoms with van der Waals surface area (Å²) in [6, 6.07) is 3.50. The normalized spacial score (nSPS) is 15.8. The monoisotopic (exact) mass is 252 g/mol. The van der Waals surface area contributed by atoms with Gasteiger partial charge in [0.1, 0.15) is 11.5 Å². The van der Waals surface area contributed by atoms with Crippen molar-refractivity contribution in [2.75, 3.05) is 11.9 Å². The van der Waals surface area contributed by atoms with E-state index in [2.05, 4.69) is 5.32 Å². The van der Waals surface area contributed by atoms with Crippen LogP contribution in [0.1, 0.15) is 32.1 Å². The van der Waals surface area contributed by atoms with Gasteiger partial charge in [0.15, 0.2) is 0 Å². The molecule has 1 fully saturated rings. The lowest BCUT2D eigenvalue weighted by Gasteiger charge is -2.11. The van der Waals surface area contributed by atoms with Gasteiger partial charge in [-0.05, 0) is 18.4 Å². The van der Waals surface area contributed by atoms with Gasteiger partial charge in [0.2, 0.25) is 0 Å². The quantitative estimate of drug-likeness (QED) is 0.641. The van der Waals surface area contributed by atoms with Crippen LogP contribution in [0.2, 0.25) is 0 Å². The highest BCUT2D eigenvalue weighted by Crippen LogP contribution is 2.29. The minimum absolute atomic E-state index is 0.0668. The van der Waals surface area contributed by atoms with Crippen LogP contribution in [0.4, 0.5) is 15.8 Å². The second kappa shape index (κ2) is 5.80. The zero-order valence-electron chi connectivity index (χ0n) is 10.2. The molecule has 18 heavy (non-hydrogen) atoms. The van der Waals surface area contributed by atoms with Gasteiger partial charge in [0.25, 0.3) is 5.69 Å². The summed E-state index contributed by atoms with van der Waals surface area (Å²) in [5.74, 6) is 0.258. The van der Waals surface area contributed by atoms with Gasteiger partial charge in [-0.15, -0.1) is 0 Å². The second-order valence-electron chi connectivity index (χ2n) is 4.78. The zero-order chi connectivity index (χ0) is 13.0. The smallest absolute Gasteiger partial charge is 0.292 e. The molecule has 4 nitrogen and oxygen atoms in total. The molecule has 0 atom stereocenters. The van der Waals surface area contributed by atoms with E-state index in [-0.39, 0.29) is 11.4 Å². The van der Waals surface area contributed by atoms with E-state index in [4.69, 9.17) is 0 Å². The largest absolute Gasteiger partial charge is 0.379 e. The average molecular weight is 252 g/mol. The van der Waals surface area contributed by atoms with E-state index in [1.165, 1.54) is 37.8 Å². The third-order valence-corrected chi connectivity index (χ3v) is 3.50. The Labute approximate surface area is 105 Å². The first-order valence-corrected chi connectivity index (χ1v) is 6.34. The van der Waals surface area contributed by atoms with Gasteiger partial charge in [-0.1, -0.05) is 25.7 Å². The predicted molar refractivity (Wildman–Crippen MR) is 68.1 cm³/mol. The van der Waals surface area contributed by atoms with E-state index in [1.807, 2.05) is 0 Å². The molecule has 0 unspecified atom stereocenters.